The average Bonchev–Trinajstić information content (AvgIpc) is 2.27. The molecule has 0 unspecified atom stereocenters. The number of esters is 1. The third-order valence-electron chi connectivity index (χ3n) is 2.11. The predicted octanol–water partition coefficient (Wildman–Crippen LogP) is 2.48. The number of benzene rings is 1. The van der Waals surface area contributed by atoms with Crippen molar-refractivity contribution in [2.75, 3.05) is 19.8 Å². The minimum Gasteiger partial charge on any atom is -0.460 e. The molecule has 1 aromatic rings. The van der Waals surface area contributed by atoms with Crippen LogP contribution in [0.25, 0.3) is 0 Å². The lowest BCUT2D eigenvalue weighted by Crippen LogP contribution is -2.12. The number of hydrogen-bond donors (Lipinski definition) is 1. The molecule has 0 aliphatic carbocycles. The van der Waals surface area contributed by atoms with Crippen LogP contribution in [0.3, 0.4) is 0 Å². The first-order valence-electron chi connectivity index (χ1n) is 5.19. The molecule has 0 aromatic heterocycles. The zero-order valence-corrected chi connectivity index (χ0v) is 10.4. The number of aryl methyl sites for hydroxylation is 1. The summed E-state index contributed by atoms with van der Waals surface area (Å²) < 4.78 is 10.1. The Bertz CT molecular complexity index is 363. The zero-order valence-electron chi connectivity index (χ0n) is 9.53. The van der Waals surface area contributed by atoms with E-state index in [2.05, 4.69) is 12.6 Å². The van der Waals surface area contributed by atoms with Crippen molar-refractivity contribution in [1.82, 2.24) is 0 Å². The van der Waals surface area contributed by atoms with Gasteiger partial charge in [0, 0.05) is 11.5 Å². The fraction of sp³-hybridized carbons (Fsp3) is 0.417. The molecule has 0 radical (unpaired) electrons. The summed E-state index contributed by atoms with van der Waals surface area (Å²) in [7, 11) is 0. The maximum atomic E-state index is 11.7. The van der Waals surface area contributed by atoms with Gasteiger partial charge in [-0.3, -0.25) is 0 Å². The van der Waals surface area contributed by atoms with Crippen molar-refractivity contribution in [2.45, 2.75) is 18.7 Å². The van der Waals surface area contributed by atoms with E-state index < -0.39 is 0 Å². The highest BCUT2D eigenvalue weighted by Crippen LogP contribution is 2.14. The van der Waals surface area contributed by atoms with Gasteiger partial charge in [0.15, 0.2) is 0 Å². The second-order valence-electron chi connectivity index (χ2n) is 3.33. The number of thiol groups is 1. The Morgan fingerprint density at radius 2 is 2.12 bits per heavy atom. The molecule has 1 rings (SSSR count). The fourth-order valence-electron chi connectivity index (χ4n) is 1.25. The first kappa shape index (κ1) is 13.1. The fourth-order valence-corrected chi connectivity index (χ4v) is 1.45. The lowest BCUT2D eigenvalue weighted by Gasteiger charge is -2.07. The molecular formula is C12H16O3S. The highest BCUT2D eigenvalue weighted by molar-refractivity contribution is 7.80. The minimum atomic E-state index is -0.326. The van der Waals surface area contributed by atoms with Crippen LogP contribution in [-0.4, -0.2) is 25.8 Å². The summed E-state index contributed by atoms with van der Waals surface area (Å²) in [4.78, 5) is 12.4. The maximum absolute atomic E-state index is 11.7. The Balaban J connectivity index is 2.55. The summed E-state index contributed by atoms with van der Waals surface area (Å²) in [6.07, 6.45) is 0. The Kier molecular flexibility index (Phi) is 5.35. The molecule has 0 heterocycles. The highest BCUT2D eigenvalue weighted by Gasteiger charge is 2.10. The molecule has 0 bridgehead atoms. The summed E-state index contributed by atoms with van der Waals surface area (Å²) in [5.74, 6) is -0.326. The van der Waals surface area contributed by atoms with Gasteiger partial charge in [-0.05, 0) is 31.5 Å². The van der Waals surface area contributed by atoms with Crippen molar-refractivity contribution in [3.8, 4) is 0 Å². The van der Waals surface area contributed by atoms with Crippen LogP contribution in [0.5, 0.6) is 0 Å². The number of hydrogen-bond acceptors (Lipinski definition) is 4. The van der Waals surface area contributed by atoms with Gasteiger partial charge in [0.2, 0.25) is 0 Å². The monoisotopic (exact) mass is 240 g/mol. The molecule has 0 saturated carbocycles. The lowest BCUT2D eigenvalue weighted by atomic mass is 10.1. The molecule has 4 heteroatoms. The van der Waals surface area contributed by atoms with Gasteiger partial charge in [0.1, 0.15) is 6.61 Å². The second kappa shape index (κ2) is 6.55. The molecule has 88 valence electrons. The molecule has 0 N–H and O–H groups in total. The van der Waals surface area contributed by atoms with Gasteiger partial charge in [-0.1, -0.05) is 6.07 Å². The van der Waals surface area contributed by atoms with E-state index in [1.165, 1.54) is 0 Å². The van der Waals surface area contributed by atoms with E-state index in [0.29, 0.717) is 18.8 Å². The number of ether oxygens (including phenoxy) is 2. The third kappa shape index (κ3) is 3.87. The predicted molar refractivity (Wildman–Crippen MR) is 65.2 cm³/mol. The maximum Gasteiger partial charge on any atom is 0.338 e. The van der Waals surface area contributed by atoms with Gasteiger partial charge in [0.25, 0.3) is 0 Å². The van der Waals surface area contributed by atoms with Crippen LogP contribution in [0.15, 0.2) is 23.1 Å². The van der Waals surface area contributed by atoms with Crippen LogP contribution in [0.4, 0.5) is 0 Å². The topological polar surface area (TPSA) is 35.5 Å². The Morgan fingerprint density at radius 1 is 1.38 bits per heavy atom. The third-order valence-corrected chi connectivity index (χ3v) is 2.38. The van der Waals surface area contributed by atoms with Crippen molar-refractivity contribution in [3.05, 3.63) is 29.3 Å². The molecule has 0 saturated heterocycles. The van der Waals surface area contributed by atoms with Gasteiger partial charge < -0.3 is 9.47 Å². The van der Waals surface area contributed by atoms with E-state index in [-0.39, 0.29) is 12.6 Å². The van der Waals surface area contributed by atoms with E-state index in [4.69, 9.17) is 9.47 Å². The molecule has 1 aromatic carbocycles. The van der Waals surface area contributed by atoms with Crippen molar-refractivity contribution in [1.29, 1.82) is 0 Å². The Labute approximate surface area is 101 Å². The van der Waals surface area contributed by atoms with E-state index in [1.54, 1.807) is 6.07 Å². The summed E-state index contributed by atoms with van der Waals surface area (Å²) in [6.45, 7) is 5.11. The van der Waals surface area contributed by atoms with E-state index in [9.17, 15) is 4.79 Å². The number of carbonyl (C=O) groups excluding carboxylic acids is 1. The zero-order chi connectivity index (χ0) is 12.0. The van der Waals surface area contributed by atoms with Crippen LogP contribution >= 0.6 is 12.6 Å². The minimum absolute atomic E-state index is 0.281. The van der Waals surface area contributed by atoms with Gasteiger partial charge in [-0.2, -0.15) is 0 Å². The summed E-state index contributed by atoms with van der Waals surface area (Å²) in [6, 6.07) is 5.40. The molecule has 0 spiro atoms. The van der Waals surface area contributed by atoms with Crippen LogP contribution in [0.2, 0.25) is 0 Å². The number of rotatable bonds is 5. The Morgan fingerprint density at radius 3 is 2.81 bits per heavy atom. The number of carbonyl (C=O) groups is 1. The van der Waals surface area contributed by atoms with Crippen LogP contribution in [0, 0.1) is 6.92 Å². The first-order valence-corrected chi connectivity index (χ1v) is 5.64. The van der Waals surface area contributed by atoms with Gasteiger partial charge in [-0.15, -0.1) is 12.6 Å². The molecule has 3 nitrogen and oxygen atoms in total. The van der Waals surface area contributed by atoms with Crippen LogP contribution < -0.4 is 0 Å². The average molecular weight is 240 g/mol. The largest absolute Gasteiger partial charge is 0.460 e. The second-order valence-corrected chi connectivity index (χ2v) is 3.85. The molecule has 0 aliphatic heterocycles. The van der Waals surface area contributed by atoms with Crippen molar-refractivity contribution in [2.24, 2.45) is 0 Å². The van der Waals surface area contributed by atoms with Crippen molar-refractivity contribution < 1.29 is 14.3 Å². The quantitative estimate of drug-likeness (QED) is 0.488. The van der Waals surface area contributed by atoms with Gasteiger partial charge in [0.05, 0.1) is 12.2 Å². The van der Waals surface area contributed by atoms with Crippen molar-refractivity contribution in [3.63, 3.8) is 0 Å². The Hall–Kier alpha value is -1.00. The van der Waals surface area contributed by atoms with E-state index in [1.807, 2.05) is 26.0 Å². The summed E-state index contributed by atoms with van der Waals surface area (Å²) >= 11 is 4.19. The highest BCUT2D eigenvalue weighted by atomic mass is 32.1. The molecule has 16 heavy (non-hydrogen) atoms. The van der Waals surface area contributed by atoms with Gasteiger partial charge in [-0.25, -0.2) is 4.79 Å². The SMILES string of the molecule is CCOCCOC(=O)c1cc(S)ccc1C. The van der Waals surface area contributed by atoms with Crippen LogP contribution in [-0.2, 0) is 9.47 Å². The normalized spacial score (nSPS) is 10.2. The molecule has 0 amide bonds. The molecular weight excluding hydrogens is 224 g/mol. The summed E-state index contributed by atoms with van der Waals surface area (Å²) in [5.41, 5.74) is 1.45. The molecule has 0 aliphatic rings. The van der Waals surface area contributed by atoms with Gasteiger partial charge >= 0.3 is 5.97 Å². The van der Waals surface area contributed by atoms with E-state index in [0.717, 1.165) is 10.5 Å². The summed E-state index contributed by atoms with van der Waals surface area (Å²) in [5, 5.41) is 0. The van der Waals surface area contributed by atoms with Crippen molar-refractivity contribution >= 4 is 18.6 Å². The molecule has 0 fully saturated rings. The van der Waals surface area contributed by atoms with E-state index >= 15 is 0 Å². The lowest BCUT2D eigenvalue weighted by molar-refractivity contribution is 0.0334. The smallest absolute Gasteiger partial charge is 0.338 e. The van der Waals surface area contributed by atoms with Crippen LogP contribution in [0.1, 0.15) is 22.8 Å². The molecule has 0 atom stereocenters. The standard InChI is InChI=1S/C12H16O3S/c1-3-14-6-7-15-12(13)11-8-10(16)5-4-9(11)2/h4-5,8,16H,3,6-7H2,1-2H3. The first-order chi connectivity index (χ1) is 7.65.